The molecule has 1 fully saturated rings. The molecule has 0 amide bonds. The topological polar surface area (TPSA) is 53.1 Å². The minimum atomic E-state index is 0.0105. The second kappa shape index (κ2) is 6.46. The van der Waals surface area contributed by atoms with Crippen LogP contribution in [0.4, 0.5) is 0 Å². The third kappa shape index (κ3) is 3.02. The van der Waals surface area contributed by atoms with Gasteiger partial charge in [-0.2, -0.15) is 5.10 Å². The summed E-state index contributed by atoms with van der Waals surface area (Å²) in [6, 6.07) is 0.0689. The molecule has 1 aromatic rings. The van der Waals surface area contributed by atoms with E-state index in [1.54, 1.807) is 7.11 Å². The van der Waals surface area contributed by atoms with Gasteiger partial charge in [0.1, 0.15) is 0 Å². The van der Waals surface area contributed by atoms with Crippen LogP contribution in [0, 0.1) is 0 Å². The van der Waals surface area contributed by atoms with Gasteiger partial charge in [-0.25, -0.2) is 0 Å². The monoisotopic (exact) mass is 299 g/mol. The average molecular weight is 300 g/mol. The molecule has 5 heteroatoms. The van der Waals surface area contributed by atoms with Crippen LogP contribution in [0.3, 0.4) is 0 Å². The molecule has 2 N–H and O–H groups in total. The van der Waals surface area contributed by atoms with E-state index in [4.69, 9.17) is 22.1 Å². The number of methoxy groups -OCH3 is 1. The molecule has 1 aliphatic rings. The standard InChI is InChI=1S/C15H26ClN3O/c1-4-12-14(16)13(19(5-2)18-12)9-11(17)10-15(20-3)7-6-8-15/h11H,4-10,17H2,1-3H3. The molecule has 1 unspecified atom stereocenters. The second-order valence-electron chi connectivity index (χ2n) is 5.79. The van der Waals surface area contributed by atoms with Crippen molar-refractivity contribution in [3.8, 4) is 0 Å². The van der Waals surface area contributed by atoms with E-state index in [9.17, 15) is 0 Å². The lowest BCUT2D eigenvalue weighted by Gasteiger charge is -2.42. The fourth-order valence-electron chi connectivity index (χ4n) is 3.07. The first-order valence-electron chi connectivity index (χ1n) is 7.60. The maximum absolute atomic E-state index is 6.44. The van der Waals surface area contributed by atoms with Crippen molar-refractivity contribution in [3.63, 3.8) is 0 Å². The minimum Gasteiger partial charge on any atom is -0.378 e. The van der Waals surface area contributed by atoms with E-state index in [1.165, 1.54) is 6.42 Å². The molecule has 0 spiro atoms. The first kappa shape index (κ1) is 15.8. The Morgan fingerprint density at radius 1 is 1.45 bits per heavy atom. The highest BCUT2D eigenvalue weighted by molar-refractivity contribution is 6.31. The maximum atomic E-state index is 6.44. The van der Waals surface area contributed by atoms with Crippen LogP contribution in [0.2, 0.25) is 5.02 Å². The van der Waals surface area contributed by atoms with Crippen LogP contribution in [0.1, 0.15) is 50.9 Å². The number of rotatable bonds is 7. The zero-order chi connectivity index (χ0) is 14.8. The smallest absolute Gasteiger partial charge is 0.0850 e. The maximum Gasteiger partial charge on any atom is 0.0850 e. The van der Waals surface area contributed by atoms with Crippen LogP contribution in [0.15, 0.2) is 0 Å². The molecule has 1 atom stereocenters. The van der Waals surface area contributed by atoms with Crippen LogP contribution < -0.4 is 5.73 Å². The van der Waals surface area contributed by atoms with Gasteiger partial charge in [-0.3, -0.25) is 4.68 Å². The molecular weight excluding hydrogens is 274 g/mol. The van der Waals surface area contributed by atoms with Crippen LogP contribution in [0.5, 0.6) is 0 Å². The van der Waals surface area contributed by atoms with Crippen molar-refractivity contribution in [2.45, 2.75) is 70.6 Å². The summed E-state index contributed by atoms with van der Waals surface area (Å²) in [7, 11) is 1.80. The van der Waals surface area contributed by atoms with E-state index >= 15 is 0 Å². The Morgan fingerprint density at radius 3 is 2.60 bits per heavy atom. The summed E-state index contributed by atoms with van der Waals surface area (Å²) in [4.78, 5) is 0. The normalized spacial score (nSPS) is 18.9. The molecule has 0 saturated heterocycles. The molecule has 0 aliphatic heterocycles. The van der Waals surface area contributed by atoms with Crippen molar-refractivity contribution < 1.29 is 4.74 Å². The van der Waals surface area contributed by atoms with E-state index in [2.05, 4.69) is 18.9 Å². The van der Waals surface area contributed by atoms with Gasteiger partial charge in [0.05, 0.1) is 22.0 Å². The molecule has 1 aromatic heterocycles. The largest absolute Gasteiger partial charge is 0.378 e. The van der Waals surface area contributed by atoms with Gasteiger partial charge < -0.3 is 10.5 Å². The molecule has 0 bridgehead atoms. The molecule has 2 rings (SSSR count). The number of hydrogen-bond acceptors (Lipinski definition) is 3. The fraction of sp³-hybridized carbons (Fsp3) is 0.800. The lowest BCUT2D eigenvalue weighted by atomic mass is 9.75. The summed E-state index contributed by atoms with van der Waals surface area (Å²) in [5.74, 6) is 0. The number of nitrogens with zero attached hydrogens (tertiary/aromatic N) is 2. The van der Waals surface area contributed by atoms with Crippen molar-refractivity contribution in [3.05, 3.63) is 16.4 Å². The van der Waals surface area contributed by atoms with Gasteiger partial charge in [-0.05, 0) is 39.0 Å². The van der Waals surface area contributed by atoms with Crippen molar-refractivity contribution in [2.24, 2.45) is 5.73 Å². The van der Waals surface area contributed by atoms with Gasteiger partial charge in [0.2, 0.25) is 0 Å². The van der Waals surface area contributed by atoms with Crippen LogP contribution in [-0.4, -0.2) is 28.5 Å². The third-order valence-electron chi connectivity index (χ3n) is 4.48. The number of aryl methyl sites for hydroxylation is 2. The fourth-order valence-corrected chi connectivity index (χ4v) is 3.42. The minimum absolute atomic E-state index is 0.0105. The van der Waals surface area contributed by atoms with Gasteiger partial charge >= 0.3 is 0 Å². The summed E-state index contributed by atoms with van der Waals surface area (Å²) in [5.41, 5.74) is 8.40. The van der Waals surface area contributed by atoms with Crippen LogP contribution in [-0.2, 0) is 24.1 Å². The van der Waals surface area contributed by atoms with Crippen molar-refractivity contribution >= 4 is 11.6 Å². The van der Waals surface area contributed by atoms with Gasteiger partial charge in [-0.1, -0.05) is 18.5 Å². The Labute approximate surface area is 126 Å². The Balaban J connectivity index is 2.07. The quantitative estimate of drug-likeness (QED) is 0.842. The number of aromatic nitrogens is 2. The van der Waals surface area contributed by atoms with Gasteiger partial charge in [0, 0.05) is 26.1 Å². The highest BCUT2D eigenvalue weighted by atomic mass is 35.5. The zero-order valence-corrected chi connectivity index (χ0v) is 13.5. The summed E-state index contributed by atoms with van der Waals surface area (Å²) in [6.07, 6.45) is 6.02. The molecule has 0 aromatic carbocycles. The predicted octanol–water partition coefficient (Wildman–Crippen LogP) is 2.95. The first-order valence-corrected chi connectivity index (χ1v) is 7.97. The summed E-state index contributed by atoms with van der Waals surface area (Å²) >= 11 is 6.44. The lowest BCUT2D eigenvalue weighted by molar-refractivity contribution is -0.0814. The Kier molecular flexibility index (Phi) is 5.10. The summed E-state index contributed by atoms with van der Waals surface area (Å²) in [6.45, 7) is 4.99. The van der Waals surface area contributed by atoms with Crippen LogP contribution in [0.25, 0.3) is 0 Å². The Bertz CT molecular complexity index is 449. The lowest BCUT2D eigenvalue weighted by Crippen LogP contribution is -2.45. The molecule has 0 radical (unpaired) electrons. The molecule has 4 nitrogen and oxygen atoms in total. The van der Waals surface area contributed by atoms with E-state index in [-0.39, 0.29) is 11.6 Å². The zero-order valence-electron chi connectivity index (χ0n) is 12.8. The van der Waals surface area contributed by atoms with E-state index < -0.39 is 0 Å². The Hall–Kier alpha value is -0.580. The third-order valence-corrected chi connectivity index (χ3v) is 4.92. The number of ether oxygens (including phenoxy) is 1. The number of nitrogens with two attached hydrogens (primary N) is 1. The highest BCUT2D eigenvalue weighted by Crippen LogP contribution is 2.39. The number of hydrogen-bond donors (Lipinski definition) is 1. The molecule has 1 heterocycles. The molecular formula is C15H26ClN3O. The van der Waals surface area contributed by atoms with Gasteiger partial charge in [-0.15, -0.1) is 0 Å². The average Bonchev–Trinajstić information content (AvgIpc) is 2.70. The van der Waals surface area contributed by atoms with Crippen molar-refractivity contribution in [1.29, 1.82) is 0 Å². The first-order chi connectivity index (χ1) is 9.55. The Morgan fingerprint density at radius 2 is 2.15 bits per heavy atom. The van der Waals surface area contributed by atoms with Crippen LogP contribution >= 0.6 is 11.6 Å². The summed E-state index contributed by atoms with van der Waals surface area (Å²) < 4.78 is 7.65. The second-order valence-corrected chi connectivity index (χ2v) is 6.16. The van der Waals surface area contributed by atoms with Crippen molar-refractivity contribution in [1.82, 2.24) is 9.78 Å². The van der Waals surface area contributed by atoms with E-state index in [0.29, 0.717) is 0 Å². The van der Waals surface area contributed by atoms with Gasteiger partial charge in [0.15, 0.2) is 0 Å². The molecule has 1 aliphatic carbocycles. The SMILES string of the molecule is CCc1nn(CC)c(CC(N)CC2(OC)CCC2)c1Cl. The molecule has 20 heavy (non-hydrogen) atoms. The molecule has 114 valence electrons. The van der Waals surface area contributed by atoms with E-state index in [1.807, 2.05) is 4.68 Å². The molecule has 1 saturated carbocycles. The predicted molar refractivity (Wildman–Crippen MR) is 82.2 cm³/mol. The number of halogens is 1. The van der Waals surface area contributed by atoms with Crippen molar-refractivity contribution in [2.75, 3.05) is 7.11 Å². The van der Waals surface area contributed by atoms with Gasteiger partial charge in [0.25, 0.3) is 0 Å². The highest BCUT2D eigenvalue weighted by Gasteiger charge is 2.38. The van der Waals surface area contributed by atoms with E-state index in [0.717, 1.165) is 55.1 Å². The summed E-state index contributed by atoms with van der Waals surface area (Å²) in [5, 5.41) is 5.34.